The number of hydrogen-bond donors (Lipinski definition) is 0. The van der Waals surface area contributed by atoms with E-state index in [1.54, 1.807) is 0 Å². The standard InChI is InChI=1S/C10H12/c1-3-9-6-5-7-10(4-2)8-9/h1-2,9-10H,5-8H2/t9-,10-/m1/s1. The fourth-order valence-corrected chi connectivity index (χ4v) is 1.49. The van der Waals surface area contributed by atoms with Crippen LogP contribution in [0.25, 0.3) is 0 Å². The smallest absolute Gasteiger partial charge is 0.0212 e. The number of rotatable bonds is 0. The fourth-order valence-electron chi connectivity index (χ4n) is 1.49. The predicted octanol–water partition coefficient (Wildman–Crippen LogP) is 2.06. The van der Waals surface area contributed by atoms with Crippen molar-refractivity contribution in [1.29, 1.82) is 0 Å². The van der Waals surface area contributed by atoms with Crippen LogP contribution in [0.1, 0.15) is 25.7 Å². The molecule has 0 aromatic rings. The summed E-state index contributed by atoms with van der Waals surface area (Å²) in [5, 5.41) is 0. The molecule has 0 radical (unpaired) electrons. The van der Waals surface area contributed by atoms with Crippen LogP contribution in [0.15, 0.2) is 0 Å². The van der Waals surface area contributed by atoms with Crippen LogP contribution < -0.4 is 0 Å². The van der Waals surface area contributed by atoms with Crippen LogP contribution in [-0.2, 0) is 0 Å². The molecule has 1 saturated carbocycles. The molecular formula is C10H12. The van der Waals surface area contributed by atoms with Gasteiger partial charge in [-0.15, -0.1) is 24.7 Å². The molecule has 1 rings (SSSR count). The Bertz CT molecular complexity index is 157. The Morgan fingerprint density at radius 2 is 1.50 bits per heavy atom. The Kier molecular flexibility index (Phi) is 2.41. The molecule has 0 aromatic heterocycles. The quantitative estimate of drug-likeness (QED) is 0.442. The van der Waals surface area contributed by atoms with Gasteiger partial charge in [0.05, 0.1) is 0 Å². The van der Waals surface area contributed by atoms with E-state index in [0.717, 1.165) is 6.42 Å². The number of hydrogen-bond acceptors (Lipinski definition) is 0. The van der Waals surface area contributed by atoms with Crippen molar-refractivity contribution in [1.82, 2.24) is 0 Å². The summed E-state index contributed by atoms with van der Waals surface area (Å²) in [4.78, 5) is 0. The predicted molar refractivity (Wildman–Crippen MR) is 43.1 cm³/mol. The lowest BCUT2D eigenvalue weighted by Gasteiger charge is -2.21. The molecule has 1 fully saturated rings. The van der Waals surface area contributed by atoms with Crippen molar-refractivity contribution in [2.24, 2.45) is 11.8 Å². The molecule has 0 spiro atoms. The van der Waals surface area contributed by atoms with E-state index in [4.69, 9.17) is 12.8 Å². The van der Waals surface area contributed by atoms with Crippen LogP contribution in [0.4, 0.5) is 0 Å². The molecule has 1 aliphatic rings. The Morgan fingerprint density at radius 1 is 1.00 bits per heavy atom. The Hall–Kier alpha value is -0.880. The molecule has 0 bridgehead atoms. The van der Waals surface area contributed by atoms with Crippen molar-refractivity contribution in [2.45, 2.75) is 25.7 Å². The van der Waals surface area contributed by atoms with E-state index in [0.29, 0.717) is 11.8 Å². The summed E-state index contributed by atoms with van der Waals surface area (Å²) in [6.45, 7) is 0. The molecule has 2 atom stereocenters. The summed E-state index contributed by atoms with van der Waals surface area (Å²) >= 11 is 0. The molecule has 52 valence electrons. The molecule has 0 saturated heterocycles. The first-order chi connectivity index (χ1) is 4.86. The zero-order valence-electron chi connectivity index (χ0n) is 6.14. The first-order valence-corrected chi connectivity index (χ1v) is 3.79. The summed E-state index contributed by atoms with van der Waals surface area (Å²) in [6.07, 6.45) is 15.2. The topological polar surface area (TPSA) is 0 Å². The van der Waals surface area contributed by atoms with Gasteiger partial charge in [0.2, 0.25) is 0 Å². The third kappa shape index (κ3) is 1.55. The van der Waals surface area contributed by atoms with Gasteiger partial charge in [0.1, 0.15) is 0 Å². The van der Waals surface area contributed by atoms with Crippen molar-refractivity contribution >= 4 is 0 Å². The van der Waals surface area contributed by atoms with Crippen LogP contribution >= 0.6 is 0 Å². The Balaban J connectivity index is 2.43. The SMILES string of the molecule is C#C[C@@H]1CCC[C@@H](C#C)C1. The van der Waals surface area contributed by atoms with E-state index in [1.807, 2.05) is 0 Å². The van der Waals surface area contributed by atoms with Gasteiger partial charge in [0.15, 0.2) is 0 Å². The highest BCUT2D eigenvalue weighted by Gasteiger charge is 2.17. The molecule has 0 aliphatic heterocycles. The monoisotopic (exact) mass is 132 g/mol. The van der Waals surface area contributed by atoms with Crippen molar-refractivity contribution in [3.63, 3.8) is 0 Å². The second-order valence-corrected chi connectivity index (χ2v) is 2.89. The van der Waals surface area contributed by atoms with Crippen molar-refractivity contribution in [2.75, 3.05) is 0 Å². The van der Waals surface area contributed by atoms with E-state index >= 15 is 0 Å². The van der Waals surface area contributed by atoms with Gasteiger partial charge in [-0.3, -0.25) is 0 Å². The van der Waals surface area contributed by atoms with E-state index in [9.17, 15) is 0 Å². The normalized spacial score (nSPS) is 32.2. The maximum atomic E-state index is 5.30. The minimum absolute atomic E-state index is 0.454. The lowest BCUT2D eigenvalue weighted by Crippen LogP contribution is -2.12. The maximum absolute atomic E-state index is 5.30. The fraction of sp³-hybridized carbons (Fsp3) is 0.600. The van der Waals surface area contributed by atoms with Crippen LogP contribution in [0.5, 0.6) is 0 Å². The minimum atomic E-state index is 0.454. The average Bonchev–Trinajstić information content (AvgIpc) is 2.05. The van der Waals surface area contributed by atoms with Gasteiger partial charge in [-0.1, -0.05) is 6.42 Å². The largest absolute Gasteiger partial charge is 0.120 e. The molecule has 0 heterocycles. The average molecular weight is 132 g/mol. The highest BCUT2D eigenvalue weighted by atomic mass is 14.2. The van der Waals surface area contributed by atoms with Gasteiger partial charge in [-0.05, 0) is 19.3 Å². The Morgan fingerprint density at radius 3 is 1.90 bits per heavy atom. The minimum Gasteiger partial charge on any atom is -0.120 e. The lowest BCUT2D eigenvalue weighted by molar-refractivity contribution is 0.370. The number of terminal acetylenes is 2. The molecule has 1 aliphatic carbocycles. The second-order valence-electron chi connectivity index (χ2n) is 2.89. The van der Waals surface area contributed by atoms with Gasteiger partial charge in [0, 0.05) is 11.8 Å². The van der Waals surface area contributed by atoms with Crippen molar-refractivity contribution in [3.05, 3.63) is 0 Å². The van der Waals surface area contributed by atoms with Crippen LogP contribution in [0.3, 0.4) is 0 Å². The Labute approximate surface area is 63.0 Å². The van der Waals surface area contributed by atoms with Crippen molar-refractivity contribution in [3.8, 4) is 24.7 Å². The summed E-state index contributed by atoms with van der Waals surface area (Å²) in [7, 11) is 0. The van der Waals surface area contributed by atoms with Crippen LogP contribution in [-0.4, -0.2) is 0 Å². The zero-order chi connectivity index (χ0) is 7.40. The first kappa shape index (κ1) is 7.23. The van der Waals surface area contributed by atoms with Gasteiger partial charge in [0.25, 0.3) is 0 Å². The van der Waals surface area contributed by atoms with Gasteiger partial charge in [-0.2, -0.15) is 0 Å². The van der Waals surface area contributed by atoms with Crippen LogP contribution in [0.2, 0.25) is 0 Å². The van der Waals surface area contributed by atoms with Crippen LogP contribution in [0, 0.1) is 36.5 Å². The van der Waals surface area contributed by atoms with E-state index in [1.165, 1.54) is 19.3 Å². The summed E-state index contributed by atoms with van der Waals surface area (Å²) in [5.41, 5.74) is 0. The van der Waals surface area contributed by atoms with Crippen molar-refractivity contribution < 1.29 is 0 Å². The van der Waals surface area contributed by atoms with Gasteiger partial charge in [-0.25, -0.2) is 0 Å². The lowest BCUT2D eigenvalue weighted by atomic mass is 9.82. The van der Waals surface area contributed by atoms with Gasteiger partial charge >= 0.3 is 0 Å². The highest BCUT2D eigenvalue weighted by molar-refractivity contribution is 5.02. The summed E-state index contributed by atoms with van der Waals surface area (Å²) in [5.74, 6) is 6.45. The molecule has 0 unspecified atom stereocenters. The third-order valence-electron chi connectivity index (χ3n) is 2.15. The molecule has 0 amide bonds. The van der Waals surface area contributed by atoms with Gasteiger partial charge < -0.3 is 0 Å². The van der Waals surface area contributed by atoms with E-state index < -0.39 is 0 Å². The van der Waals surface area contributed by atoms with E-state index in [-0.39, 0.29) is 0 Å². The molecule has 0 N–H and O–H groups in total. The molecular weight excluding hydrogens is 120 g/mol. The molecule has 0 nitrogen and oxygen atoms in total. The summed E-state index contributed by atoms with van der Waals surface area (Å²) in [6, 6.07) is 0. The highest BCUT2D eigenvalue weighted by Crippen LogP contribution is 2.27. The second kappa shape index (κ2) is 3.33. The maximum Gasteiger partial charge on any atom is 0.0212 e. The van der Waals surface area contributed by atoms with E-state index in [2.05, 4.69) is 11.8 Å². The third-order valence-corrected chi connectivity index (χ3v) is 2.15. The summed E-state index contributed by atoms with van der Waals surface area (Å²) < 4.78 is 0. The zero-order valence-corrected chi connectivity index (χ0v) is 6.14. The molecule has 0 heteroatoms. The molecule has 0 aromatic carbocycles. The first-order valence-electron chi connectivity index (χ1n) is 3.79. The molecule has 10 heavy (non-hydrogen) atoms.